The van der Waals surface area contributed by atoms with Gasteiger partial charge in [-0.25, -0.2) is 4.98 Å². The SMILES string of the molecule is Cc1cc(-c2ccccc2)c(-n2c(-c3csc4ccc(Cc5ccccn5)cc34)nc3ccccc32)c(-c2ccccc2)c1. The first-order valence-electron chi connectivity index (χ1n) is 14.9. The average molecular weight is 584 g/mol. The van der Waals surface area contributed by atoms with Crippen molar-refractivity contribution in [2.75, 3.05) is 0 Å². The van der Waals surface area contributed by atoms with Crippen molar-refractivity contribution in [2.45, 2.75) is 13.3 Å². The lowest BCUT2D eigenvalue weighted by Crippen LogP contribution is -2.03. The van der Waals surface area contributed by atoms with E-state index < -0.39 is 0 Å². The van der Waals surface area contributed by atoms with Gasteiger partial charge in [-0.3, -0.25) is 9.55 Å². The number of rotatable bonds is 6. The second-order valence-corrected chi connectivity index (χ2v) is 12.1. The zero-order valence-corrected chi connectivity index (χ0v) is 25.1. The lowest BCUT2D eigenvalue weighted by Gasteiger charge is -2.20. The predicted molar refractivity (Wildman–Crippen MR) is 185 cm³/mol. The largest absolute Gasteiger partial charge is 0.291 e. The first-order chi connectivity index (χ1) is 21.7. The van der Waals surface area contributed by atoms with Crippen LogP contribution in [0.2, 0.25) is 0 Å². The van der Waals surface area contributed by atoms with Crippen LogP contribution in [0.4, 0.5) is 0 Å². The Morgan fingerprint density at radius 3 is 2.05 bits per heavy atom. The first kappa shape index (κ1) is 26.3. The van der Waals surface area contributed by atoms with Gasteiger partial charge in [-0.15, -0.1) is 11.3 Å². The van der Waals surface area contributed by atoms with E-state index in [0.29, 0.717) is 0 Å². The van der Waals surface area contributed by atoms with Crippen LogP contribution in [0.1, 0.15) is 16.8 Å². The van der Waals surface area contributed by atoms with Gasteiger partial charge in [0.15, 0.2) is 0 Å². The number of nitrogens with zero attached hydrogens (tertiary/aromatic N) is 3. The monoisotopic (exact) mass is 583 g/mol. The molecular formula is C40H29N3S. The molecule has 3 nitrogen and oxygen atoms in total. The molecule has 0 fully saturated rings. The fraction of sp³-hybridized carbons (Fsp3) is 0.0500. The molecule has 0 saturated heterocycles. The maximum absolute atomic E-state index is 5.34. The Morgan fingerprint density at radius 1 is 0.659 bits per heavy atom. The van der Waals surface area contributed by atoms with Gasteiger partial charge in [0.1, 0.15) is 5.82 Å². The number of thiophene rings is 1. The highest BCUT2D eigenvalue weighted by molar-refractivity contribution is 7.17. The van der Waals surface area contributed by atoms with Crippen LogP contribution in [0.3, 0.4) is 0 Å². The molecule has 0 aliphatic heterocycles. The Balaban J connectivity index is 1.43. The highest BCUT2D eigenvalue weighted by Crippen LogP contribution is 2.43. The fourth-order valence-corrected chi connectivity index (χ4v) is 7.12. The molecule has 0 spiro atoms. The van der Waals surface area contributed by atoms with E-state index in [1.807, 2.05) is 12.3 Å². The number of benzene rings is 5. The molecule has 0 bridgehead atoms. The van der Waals surface area contributed by atoms with Crippen LogP contribution < -0.4 is 0 Å². The quantitative estimate of drug-likeness (QED) is 0.195. The molecule has 5 aromatic carbocycles. The Bertz CT molecular complexity index is 2190. The summed E-state index contributed by atoms with van der Waals surface area (Å²) < 4.78 is 3.64. The molecule has 3 aromatic heterocycles. The van der Waals surface area contributed by atoms with E-state index in [1.54, 1.807) is 11.3 Å². The molecule has 8 aromatic rings. The van der Waals surface area contributed by atoms with Gasteiger partial charge in [0, 0.05) is 50.5 Å². The Labute approximate surface area is 260 Å². The third-order valence-electron chi connectivity index (χ3n) is 8.20. The van der Waals surface area contributed by atoms with Crippen molar-refractivity contribution in [3.63, 3.8) is 0 Å². The second kappa shape index (κ2) is 11.1. The van der Waals surface area contributed by atoms with Crippen LogP contribution in [0.5, 0.6) is 0 Å². The molecule has 4 heteroatoms. The van der Waals surface area contributed by atoms with Crippen LogP contribution in [-0.2, 0) is 6.42 Å². The summed E-state index contributed by atoms with van der Waals surface area (Å²) in [5.74, 6) is 0.950. The van der Waals surface area contributed by atoms with Gasteiger partial charge in [-0.2, -0.15) is 0 Å². The Hall–Kier alpha value is -5.32. The van der Waals surface area contributed by atoms with Gasteiger partial charge < -0.3 is 0 Å². The lowest BCUT2D eigenvalue weighted by atomic mass is 9.93. The number of para-hydroxylation sites is 2. The van der Waals surface area contributed by atoms with Crippen molar-refractivity contribution in [1.82, 2.24) is 14.5 Å². The second-order valence-electron chi connectivity index (χ2n) is 11.2. The molecule has 0 atom stereocenters. The summed E-state index contributed by atoms with van der Waals surface area (Å²) in [6, 6.07) is 47.5. The summed E-state index contributed by atoms with van der Waals surface area (Å²) in [5, 5.41) is 3.49. The van der Waals surface area contributed by atoms with Gasteiger partial charge in [-0.1, -0.05) is 84.9 Å². The number of imidazole rings is 1. The zero-order chi connectivity index (χ0) is 29.5. The molecule has 0 aliphatic rings. The summed E-state index contributed by atoms with van der Waals surface area (Å²) in [7, 11) is 0. The molecule has 0 N–H and O–H groups in total. The van der Waals surface area contributed by atoms with Crippen molar-refractivity contribution in [3.8, 4) is 39.3 Å². The smallest absolute Gasteiger partial charge is 0.147 e. The third kappa shape index (κ3) is 4.70. The summed E-state index contributed by atoms with van der Waals surface area (Å²) in [4.78, 5) is 9.92. The number of hydrogen-bond acceptors (Lipinski definition) is 3. The molecular weight excluding hydrogens is 555 g/mol. The minimum Gasteiger partial charge on any atom is -0.291 e. The van der Waals surface area contributed by atoms with Crippen molar-refractivity contribution in [1.29, 1.82) is 0 Å². The van der Waals surface area contributed by atoms with E-state index in [-0.39, 0.29) is 0 Å². The molecule has 0 unspecified atom stereocenters. The molecule has 0 amide bonds. The highest BCUT2D eigenvalue weighted by Gasteiger charge is 2.23. The highest BCUT2D eigenvalue weighted by atomic mass is 32.1. The van der Waals surface area contributed by atoms with Gasteiger partial charge in [0.25, 0.3) is 0 Å². The standard InChI is InChI=1S/C40H29N3S/c1-27-22-32(29-12-4-2-5-13-29)39(33(23-27)30-14-6-3-7-15-30)43-37-18-9-8-17-36(37)42-40(43)35-26-44-38-20-19-28(25-34(35)38)24-31-16-10-11-21-41-31/h2-23,25-26H,24H2,1H3. The fourth-order valence-electron chi connectivity index (χ4n) is 6.20. The number of pyridine rings is 1. The summed E-state index contributed by atoms with van der Waals surface area (Å²) in [5.41, 5.74) is 12.6. The van der Waals surface area contributed by atoms with Gasteiger partial charge in [0.05, 0.1) is 16.7 Å². The molecule has 8 rings (SSSR count). The van der Waals surface area contributed by atoms with E-state index in [1.165, 1.54) is 43.5 Å². The number of fused-ring (bicyclic) bond motifs is 2. The Morgan fingerprint density at radius 2 is 1.34 bits per heavy atom. The molecule has 3 heterocycles. The van der Waals surface area contributed by atoms with E-state index in [0.717, 1.165) is 40.2 Å². The number of hydrogen-bond donors (Lipinski definition) is 0. The van der Waals surface area contributed by atoms with Gasteiger partial charge in [-0.05, 0) is 77.7 Å². The maximum atomic E-state index is 5.34. The van der Waals surface area contributed by atoms with E-state index >= 15 is 0 Å². The number of aryl methyl sites for hydroxylation is 1. The van der Waals surface area contributed by atoms with Crippen LogP contribution in [-0.4, -0.2) is 14.5 Å². The van der Waals surface area contributed by atoms with Gasteiger partial charge >= 0.3 is 0 Å². The van der Waals surface area contributed by atoms with Crippen molar-refractivity contribution in [3.05, 3.63) is 162 Å². The van der Waals surface area contributed by atoms with Crippen LogP contribution in [0.25, 0.3) is 60.4 Å². The minimum atomic E-state index is 0.788. The third-order valence-corrected chi connectivity index (χ3v) is 9.16. The predicted octanol–water partition coefficient (Wildman–Crippen LogP) is 10.5. The molecule has 0 aliphatic carbocycles. The summed E-state index contributed by atoms with van der Waals surface area (Å²) in [6.45, 7) is 2.19. The minimum absolute atomic E-state index is 0.788. The topological polar surface area (TPSA) is 30.7 Å². The van der Waals surface area contributed by atoms with E-state index in [2.05, 4.69) is 149 Å². The zero-order valence-electron chi connectivity index (χ0n) is 24.3. The maximum Gasteiger partial charge on any atom is 0.147 e. The molecule has 44 heavy (non-hydrogen) atoms. The van der Waals surface area contributed by atoms with Crippen LogP contribution in [0, 0.1) is 6.92 Å². The molecule has 210 valence electrons. The summed E-state index contributed by atoms with van der Waals surface area (Å²) in [6.07, 6.45) is 2.65. The first-order valence-corrected chi connectivity index (χ1v) is 15.7. The normalized spacial score (nSPS) is 11.4. The van der Waals surface area contributed by atoms with Crippen LogP contribution >= 0.6 is 11.3 Å². The average Bonchev–Trinajstić information content (AvgIpc) is 3.67. The van der Waals surface area contributed by atoms with Crippen molar-refractivity contribution in [2.24, 2.45) is 0 Å². The van der Waals surface area contributed by atoms with Crippen molar-refractivity contribution < 1.29 is 0 Å². The molecule has 0 saturated carbocycles. The lowest BCUT2D eigenvalue weighted by molar-refractivity contribution is 1.08. The summed E-state index contributed by atoms with van der Waals surface area (Å²) >= 11 is 1.77. The number of aromatic nitrogens is 3. The molecule has 0 radical (unpaired) electrons. The van der Waals surface area contributed by atoms with E-state index in [9.17, 15) is 0 Å². The van der Waals surface area contributed by atoms with Crippen LogP contribution in [0.15, 0.2) is 145 Å². The van der Waals surface area contributed by atoms with Gasteiger partial charge in [0.2, 0.25) is 0 Å². The Kier molecular flexibility index (Phi) is 6.62. The van der Waals surface area contributed by atoms with Crippen molar-refractivity contribution >= 4 is 32.5 Å². The van der Waals surface area contributed by atoms with E-state index in [4.69, 9.17) is 4.98 Å².